The third-order valence-corrected chi connectivity index (χ3v) is 8.51. The molecule has 2 aliphatic rings. The van der Waals surface area contributed by atoms with Gasteiger partial charge in [-0.15, -0.1) is 11.3 Å². The summed E-state index contributed by atoms with van der Waals surface area (Å²) in [5, 5.41) is 1.37. The molecule has 0 radical (unpaired) electrons. The van der Waals surface area contributed by atoms with Crippen LogP contribution in [0, 0.1) is 0 Å². The van der Waals surface area contributed by atoms with E-state index in [9.17, 15) is 0 Å². The normalized spacial score (nSPS) is 18.0. The van der Waals surface area contributed by atoms with Gasteiger partial charge < -0.3 is 0 Å². The number of benzene rings is 4. The largest absolute Gasteiger partial charge is 0.138 e. The minimum absolute atomic E-state index is 0.231. The number of thiophene rings is 1. The average molecular weight is 451 g/mol. The Labute approximate surface area is 181 Å². The second-order valence-electron chi connectivity index (χ2n) is 7.81. The van der Waals surface area contributed by atoms with Crippen LogP contribution >= 0.6 is 27.3 Å². The highest BCUT2D eigenvalue weighted by Gasteiger charge is 2.53. The first-order valence-corrected chi connectivity index (χ1v) is 11.4. The summed E-state index contributed by atoms with van der Waals surface area (Å²) in [6.07, 6.45) is 0. The van der Waals surface area contributed by atoms with Crippen molar-refractivity contribution in [3.63, 3.8) is 0 Å². The summed E-state index contributed by atoms with van der Waals surface area (Å²) < 4.78 is 2.54. The van der Waals surface area contributed by atoms with Crippen molar-refractivity contribution in [1.82, 2.24) is 0 Å². The molecule has 1 atom stereocenters. The first kappa shape index (κ1) is 16.2. The molecule has 0 bridgehead atoms. The molecule has 1 heterocycles. The Morgan fingerprint density at radius 1 is 0.586 bits per heavy atom. The molecule has 0 amide bonds. The number of halogens is 1. The van der Waals surface area contributed by atoms with Gasteiger partial charge in [0.1, 0.15) is 0 Å². The zero-order valence-electron chi connectivity index (χ0n) is 15.4. The second-order valence-corrected chi connectivity index (χ2v) is 9.71. The van der Waals surface area contributed by atoms with E-state index in [2.05, 4.69) is 107 Å². The van der Waals surface area contributed by atoms with Crippen molar-refractivity contribution in [2.75, 3.05) is 0 Å². The van der Waals surface area contributed by atoms with Gasteiger partial charge in [0.25, 0.3) is 0 Å². The maximum absolute atomic E-state index is 3.87. The fourth-order valence-electron chi connectivity index (χ4n) is 5.55. The summed E-state index contributed by atoms with van der Waals surface area (Å²) in [4.78, 5) is 1.46. The Bertz CT molecular complexity index is 1480. The van der Waals surface area contributed by atoms with E-state index in [4.69, 9.17) is 0 Å². The highest BCUT2D eigenvalue weighted by molar-refractivity contribution is 9.10. The van der Waals surface area contributed by atoms with Crippen LogP contribution < -0.4 is 0 Å². The molecule has 1 aromatic heterocycles. The monoisotopic (exact) mass is 450 g/mol. The lowest BCUT2D eigenvalue weighted by molar-refractivity contribution is 0.811. The predicted octanol–water partition coefficient (Wildman–Crippen LogP) is 8.01. The molecule has 0 nitrogen and oxygen atoms in total. The predicted molar refractivity (Wildman–Crippen MR) is 126 cm³/mol. The Morgan fingerprint density at radius 2 is 1.21 bits per heavy atom. The Hall–Kier alpha value is -2.68. The summed E-state index contributed by atoms with van der Waals surface area (Å²) in [5.41, 5.74) is 9.46. The molecule has 2 aliphatic carbocycles. The number of fused-ring (bicyclic) bond motifs is 12. The van der Waals surface area contributed by atoms with Crippen molar-refractivity contribution in [2.24, 2.45) is 0 Å². The van der Waals surface area contributed by atoms with Crippen LogP contribution in [0.5, 0.6) is 0 Å². The molecule has 2 heteroatoms. The summed E-state index contributed by atoms with van der Waals surface area (Å²) in [6, 6.07) is 33.5. The van der Waals surface area contributed by atoms with Crippen molar-refractivity contribution in [2.45, 2.75) is 5.41 Å². The van der Waals surface area contributed by atoms with Gasteiger partial charge in [-0.2, -0.15) is 0 Å². The van der Waals surface area contributed by atoms with Gasteiger partial charge in [-0.3, -0.25) is 0 Å². The molecule has 7 rings (SSSR count). The molecule has 0 aliphatic heterocycles. The van der Waals surface area contributed by atoms with Crippen molar-refractivity contribution >= 4 is 37.4 Å². The third kappa shape index (κ3) is 1.77. The SMILES string of the molecule is Brc1cccc2c1-c1ccccc1C21c2ccccc2-c2c1sc1ccccc21. The van der Waals surface area contributed by atoms with Crippen LogP contribution in [0.15, 0.2) is 95.5 Å². The Morgan fingerprint density at radius 3 is 2.00 bits per heavy atom. The molecule has 4 aromatic carbocycles. The number of rotatable bonds is 0. The van der Waals surface area contributed by atoms with Crippen LogP contribution in [0.1, 0.15) is 21.6 Å². The van der Waals surface area contributed by atoms with Gasteiger partial charge in [-0.05, 0) is 39.9 Å². The minimum atomic E-state index is -0.231. The Kier molecular flexibility index (Phi) is 3.05. The lowest BCUT2D eigenvalue weighted by Gasteiger charge is -2.29. The first-order valence-electron chi connectivity index (χ1n) is 9.82. The highest BCUT2D eigenvalue weighted by Crippen LogP contribution is 2.66. The summed E-state index contributed by atoms with van der Waals surface area (Å²) >= 11 is 5.82. The molecule has 5 aromatic rings. The van der Waals surface area contributed by atoms with Crippen LogP contribution in [-0.2, 0) is 5.41 Å². The average Bonchev–Trinajstić information content (AvgIpc) is 3.37. The third-order valence-electron chi connectivity index (χ3n) is 6.55. The zero-order chi connectivity index (χ0) is 19.2. The summed E-state index contributed by atoms with van der Waals surface area (Å²) in [5.74, 6) is 0. The fraction of sp³-hybridized carbons (Fsp3) is 0.0370. The lowest BCUT2D eigenvalue weighted by Crippen LogP contribution is -2.24. The lowest BCUT2D eigenvalue weighted by atomic mass is 9.74. The molecule has 136 valence electrons. The van der Waals surface area contributed by atoms with Crippen LogP contribution in [0.3, 0.4) is 0 Å². The van der Waals surface area contributed by atoms with E-state index in [1.165, 1.54) is 58.4 Å². The summed E-state index contributed by atoms with van der Waals surface area (Å²) in [7, 11) is 0. The summed E-state index contributed by atoms with van der Waals surface area (Å²) in [6.45, 7) is 0. The quantitative estimate of drug-likeness (QED) is 0.219. The topological polar surface area (TPSA) is 0 Å². The second kappa shape index (κ2) is 5.47. The van der Waals surface area contributed by atoms with Gasteiger partial charge in [-0.1, -0.05) is 94.8 Å². The van der Waals surface area contributed by atoms with Crippen molar-refractivity contribution in [3.05, 3.63) is 117 Å². The van der Waals surface area contributed by atoms with Gasteiger partial charge in [0.15, 0.2) is 0 Å². The van der Waals surface area contributed by atoms with E-state index in [1.807, 2.05) is 11.3 Å². The van der Waals surface area contributed by atoms with Crippen LogP contribution in [-0.4, -0.2) is 0 Å². The molecular formula is C27H15BrS. The highest BCUT2D eigenvalue weighted by atomic mass is 79.9. The van der Waals surface area contributed by atoms with Crippen LogP contribution in [0.2, 0.25) is 0 Å². The van der Waals surface area contributed by atoms with E-state index in [-0.39, 0.29) is 5.41 Å². The van der Waals surface area contributed by atoms with Crippen molar-refractivity contribution in [1.29, 1.82) is 0 Å². The Balaban J connectivity index is 1.77. The van der Waals surface area contributed by atoms with E-state index < -0.39 is 0 Å². The molecule has 0 saturated carbocycles. The molecule has 0 saturated heterocycles. The maximum Gasteiger partial charge on any atom is 0.0819 e. The number of hydrogen-bond acceptors (Lipinski definition) is 1. The van der Waals surface area contributed by atoms with Crippen molar-refractivity contribution in [3.8, 4) is 22.3 Å². The molecule has 0 N–H and O–H groups in total. The smallest absolute Gasteiger partial charge is 0.0819 e. The van der Waals surface area contributed by atoms with Gasteiger partial charge in [0.2, 0.25) is 0 Å². The van der Waals surface area contributed by atoms with Gasteiger partial charge >= 0.3 is 0 Å². The maximum atomic E-state index is 3.87. The fourth-order valence-corrected chi connectivity index (χ4v) is 7.58. The minimum Gasteiger partial charge on any atom is -0.138 e. The van der Waals surface area contributed by atoms with Gasteiger partial charge in [0, 0.05) is 30.6 Å². The van der Waals surface area contributed by atoms with Crippen LogP contribution in [0.25, 0.3) is 32.3 Å². The molecular weight excluding hydrogens is 436 g/mol. The number of hydrogen-bond donors (Lipinski definition) is 0. The molecule has 1 spiro atoms. The van der Waals surface area contributed by atoms with E-state index in [0.717, 1.165) is 0 Å². The van der Waals surface area contributed by atoms with E-state index >= 15 is 0 Å². The molecule has 29 heavy (non-hydrogen) atoms. The first-order chi connectivity index (χ1) is 14.3. The van der Waals surface area contributed by atoms with E-state index in [0.29, 0.717) is 0 Å². The van der Waals surface area contributed by atoms with Gasteiger partial charge in [-0.25, -0.2) is 0 Å². The standard InChI is InChI=1S/C27H15BrS/c28-22-14-7-13-21-25(22)17-9-2-5-12-20(17)27(21)19-11-4-1-8-16(19)24-18-10-3-6-15-23(18)29-26(24)27/h1-15H. The van der Waals surface area contributed by atoms with Crippen molar-refractivity contribution < 1.29 is 0 Å². The van der Waals surface area contributed by atoms with Crippen LogP contribution in [0.4, 0.5) is 0 Å². The van der Waals surface area contributed by atoms with Gasteiger partial charge in [0.05, 0.1) is 5.41 Å². The van der Waals surface area contributed by atoms with E-state index in [1.54, 1.807) is 0 Å². The molecule has 0 fully saturated rings. The molecule has 1 unspecified atom stereocenters. The zero-order valence-corrected chi connectivity index (χ0v) is 17.8.